The van der Waals surface area contributed by atoms with E-state index < -0.39 is 23.3 Å². The number of halogens is 1. The molecule has 0 aromatic heterocycles. The van der Waals surface area contributed by atoms with Gasteiger partial charge in [-0.3, -0.25) is 0 Å². The van der Waals surface area contributed by atoms with E-state index in [0.29, 0.717) is 19.3 Å². The number of hydrogen-bond acceptors (Lipinski definition) is 3. The van der Waals surface area contributed by atoms with Crippen molar-refractivity contribution in [2.75, 3.05) is 0 Å². The third kappa shape index (κ3) is 1.77. The minimum Gasteiger partial charge on any atom is -0.508 e. The Balaban J connectivity index is 1.75. The Morgan fingerprint density at radius 1 is 1.13 bits per heavy atom. The minimum atomic E-state index is -1.34. The van der Waals surface area contributed by atoms with Crippen molar-refractivity contribution in [3.05, 3.63) is 24.0 Å². The van der Waals surface area contributed by atoms with Gasteiger partial charge < -0.3 is 15.3 Å². The highest BCUT2D eigenvalue weighted by molar-refractivity contribution is 5.31. The zero-order valence-corrected chi connectivity index (χ0v) is 13.9. The van der Waals surface area contributed by atoms with Crippen LogP contribution in [0.15, 0.2) is 24.0 Å². The molecule has 0 aromatic carbocycles. The van der Waals surface area contributed by atoms with E-state index in [1.165, 1.54) is 0 Å². The molecule has 0 heterocycles. The average molecular weight is 322 g/mol. The standard InChI is InChI=1S/C19H27FO3/c1-17-7-8-19(20)13(14(17)10-15(22)16(17)23)4-3-11-9-12(21)5-6-18(11,19)2/h5-6,9,11,13-16,21-23H,3-4,7-8,10H2,1-2H3/t11?,13-,14-,15+,16-,17-,18-,19+/m0/s1. The second-order valence-electron chi connectivity index (χ2n) is 8.72. The molecule has 1 unspecified atom stereocenters. The fourth-order valence-electron chi connectivity index (χ4n) is 6.33. The molecule has 0 aliphatic heterocycles. The lowest BCUT2D eigenvalue weighted by Crippen LogP contribution is -2.61. The van der Waals surface area contributed by atoms with Gasteiger partial charge >= 0.3 is 0 Å². The largest absolute Gasteiger partial charge is 0.508 e. The minimum absolute atomic E-state index is 0.0226. The van der Waals surface area contributed by atoms with Crippen LogP contribution >= 0.6 is 0 Å². The third-order valence-corrected chi connectivity index (χ3v) is 7.91. The van der Waals surface area contributed by atoms with Crippen LogP contribution in [0.25, 0.3) is 0 Å². The van der Waals surface area contributed by atoms with Crippen molar-refractivity contribution in [1.29, 1.82) is 0 Å². The van der Waals surface area contributed by atoms with Gasteiger partial charge in [0.15, 0.2) is 0 Å². The molecular weight excluding hydrogens is 295 g/mol. The molecule has 0 radical (unpaired) electrons. The predicted octanol–water partition coefficient (Wildman–Crippen LogP) is 3.28. The second-order valence-corrected chi connectivity index (χ2v) is 8.72. The topological polar surface area (TPSA) is 60.7 Å². The normalized spacial score (nSPS) is 58.1. The van der Waals surface area contributed by atoms with E-state index >= 15 is 4.39 Å². The van der Waals surface area contributed by atoms with E-state index in [1.807, 2.05) is 26.0 Å². The highest BCUT2D eigenvalue weighted by Crippen LogP contribution is 2.68. The fraction of sp³-hybridized carbons (Fsp3) is 0.789. The molecule has 3 fully saturated rings. The van der Waals surface area contributed by atoms with Crippen LogP contribution in [0.1, 0.15) is 46.0 Å². The summed E-state index contributed by atoms with van der Waals surface area (Å²) in [6.07, 6.45) is 6.96. The van der Waals surface area contributed by atoms with Crippen LogP contribution in [0.3, 0.4) is 0 Å². The Bertz CT molecular complexity index is 587. The maximum atomic E-state index is 16.4. The van der Waals surface area contributed by atoms with Gasteiger partial charge in [-0.25, -0.2) is 4.39 Å². The summed E-state index contributed by atoms with van der Waals surface area (Å²) in [5, 5.41) is 30.4. The molecule has 4 heteroatoms. The molecule has 3 nitrogen and oxygen atoms in total. The summed E-state index contributed by atoms with van der Waals surface area (Å²) in [6, 6.07) is 0. The van der Waals surface area contributed by atoms with Crippen LogP contribution in [0, 0.1) is 28.6 Å². The average Bonchev–Trinajstić information content (AvgIpc) is 2.73. The zero-order valence-electron chi connectivity index (χ0n) is 13.9. The number of allylic oxidation sites excluding steroid dienone is 3. The van der Waals surface area contributed by atoms with Crippen molar-refractivity contribution in [3.63, 3.8) is 0 Å². The molecule has 8 atom stereocenters. The van der Waals surface area contributed by atoms with E-state index in [4.69, 9.17) is 0 Å². The van der Waals surface area contributed by atoms with Crippen molar-refractivity contribution >= 4 is 0 Å². The SMILES string of the molecule is C[C@]12CC[C@@]3(F)[C@@H](CCC4C=C(O)C=C[C@@]43C)[C@@H]1C[C@@H](O)[C@@H]2O. The number of aliphatic hydroxyl groups is 3. The Kier molecular flexibility index (Phi) is 3.13. The molecule has 3 saturated carbocycles. The van der Waals surface area contributed by atoms with Crippen molar-refractivity contribution in [2.45, 2.75) is 63.8 Å². The van der Waals surface area contributed by atoms with E-state index in [1.54, 1.807) is 6.08 Å². The van der Waals surface area contributed by atoms with Gasteiger partial charge in [0.2, 0.25) is 0 Å². The molecule has 128 valence electrons. The summed E-state index contributed by atoms with van der Waals surface area (Å²) in [5.74, 6) is 0.153. The third-order valence-electron chi connectivity index (χ3n) is 7.91. The summed E-state index contributed by atoms with van der Waals surface area (Å²) in [5.41, 5.74) is -2.32. The van der Waals surface area contributed by atoms with Crippen LogP contribution in [-0.4, -0.2) is 33.2 Å². The van der Waals surface area contributed by atoms with Crippen LogP contribution in [0.2, 0.25) is 0 Å². The summed E-state index contributed by atoms with van der Waals surface area (Å²) < 4.78 is 16.4. The van der Waals surface area contributed by atoms with Crippen molar-refractivity contribution < 1.29 is 19.7 Å². The molecule has 4 rings (SSSR count). The second kappa shape index (κ2) is 4.60. The molecule has 0 aromatic rings. The van der Waals surface area contributed by atoms with Crippen LogP contribution in [-0.2, 0) is 0 Å². The van der Waals surface area contributed by atoms with Gasteiger partial charge in [-0.1, -0.05) is 19.9 Å². The Hall–Kier alpha value is -0.870. The molecule has 4 aliphatic rings. The van der Waals surface area contributed by atoms with Gasteiger partial charge in [-0.2, -0.15) is 0 Å². The Morgan fingerprint density at radius 2 is 1.87 bits per heavy atom. The van der Waals surface area contributed by atoms with Gasteiger partial charge in [0, 0.05) is 5.41 Å². The zero-order chi connectivity index (χ0) is 16.6. The summed E-state index contributed by atoms with van der Waals surface area (Å²) >= 11 is 0. The van der Waals surface area contributed by atoms with Crippen molar-refractivity contribution in [1.82, 2.24) is 0 Å². The molecular formula is C19H27FO3. The molecule has 4 aliphatic carbocycles. The predicted molar refractivity (Wildman–Crippen MR) is 85.5 cm³/mol. The lowest BCUT2D eigenvalue weighted by atomic mass is 9.45. The monoisotopic (exact) mass is 322 g/mol. The number of fused-ring (bicyclic) bond motifs is 5. The van der Waals surface area contributed by atoms with Gasteiger partial charge in [0.1, 0.15) is 11.4 Å². The van der Waals surface area contributed by atoms with Gasteiger partial charge in [0.05, 0.1) is 12.2 Å². The number of hydrogen-bond donors (Lipinski definition) is 3. The first-order chi connectivity index (χ1) is 10.7. The molecule has 0 bridgehead atoms. The van der Waals surface area contributed by atoms with E-state index in [-0.39, 0.29) is 28.9 Å². The van der Waals surface area contributed by atoms with Gasteiger partial charge in [0.25, 0.3) is 0 Å². The van der Waals surface area contributed by atoms with E-state index in [2.05, 4.69) is 0 Å². The van der Waals surface area contributed by atoms with Gasteiger partial charge in [-0.15, -0.1) is 0 Å². The van der Waals surface area contributed by atoms with E-state index in [9.17, 15) is 15.3 Å². The Morgan fingerprint density at radius 3 is 2.61 bits per heavy atom. The smallest absolute Gasteiger partial charge is 0.123 e. The molecule has 0 spiro atoms. The summed E-state index contributed by atoms with van der Waals surface area (Å²) in [6.45, 7) is 4.00. The summed E-state index contributed by atoms with van der Waals surface area (Å²) in [7, 11) is 0. The molecule has 23 heavy (non-hydrogen) atoms. The molecule has 3 N–H and O–H groups in total. The first kappa shape index (κ1) is 15.6. The van der Waals surface area contributed by atoms with Gasteiger partial charge in [-0.05, 0) is 67.4 Å². The highest BCUT2D eigenvalue weighted by atomic mass is 19.1. The number of rotatable bonds is 0. The maximum Gasteiger partial charge on any atom is 0.123 e. The van der Waals surface area contributed by atoms with Crippen LogP contribution < -0.4 is 0 Å². The van der Waals surface area contributed by atoms with Crippen molar-refractivity contribution in [2.24, 2.45) is 28.6 Å². The first-order valence-corrected chi connectivity index (χ1v) is 8.87. The number of aliphatic hydroxyl groups excluding tert-OH is 3. The molecule has 0 saturated heterocycles. The fourth-order valence-corrected chi connectivity index (χ4v) is 6.33. The lowest BCUT2D eigenvalue weighted by Gasteiger charge is -2.61. The highest BCUT2D eigenvalue weighted by Gasteiger charge is 2.68. The lowest BCUT2D eigenvalue weighted by molar-refractivity contribution is -0.165. The number of alkyl halides is 1. The first-order valence-electron chi connectivity index (χ1n) is 8.87. The van der Waals surface area contributed by atoms with Crippen LogP contribution in [0.4, 0.5) is 4.39 Å². The van der Waals surface area contributed by atoms with E-state index in [0.717, 1.165) is 12.8 Å². The van der Waals surface area contributed by atoms with Crippen LogP contribution in [0.5, 0.6) is 0 Å². The summed E-state index contributed by atoms with van der Waals surface area (Å²) in [4.78, 5) is 0. The van der Waals surface area contributed by atoms with Crippen molar-refractivity contribution in [3.8, 4) is 0 Å². The quantitative estimate of drug-likeness (QED) is 0.641. The molecule has 0 amide bonds. The Labute approximate surface area is 136 Å². The maximum absolute atomic E-state index is 16.4.